The summed E-state index contributed by atoms with van der Waals surface area (Å²) in [5.74, 6) is 0.502. The zero-order valence-electron chi connectivity index (χ0n) is 19.2. The molecule has 6 nitrogen and oxygen atoms in total. The quantitative estimate of drug-likeness (QED) is 0.161. The number of halogens is 1. The molecule has 0 saturated heterocycles. The summed E-state index contributed by atoms with van der Waals surface area (Å²) in [5.41, 5.74) is 6.17. The van der Waals surface area contributed by atoms with Gasteiger partial charge < -0.3 is 4.74 Å². The van der Waals surface area contributed by atoms with E-state index in [4.69, 9.17) is 4.74 Å². The number of hydrogen-bond donors (Lipinski definition) is 2. The van der Waals surface area contributed by atoms with Crippen LogP contribution in [0.1, 0.15) is 68.4 Å². The van der Waals surface area contributed by atoms with Gasteiger partial charge in [0.05, 0.1) is 18.0 Å². The van der Waals surface area contributed by atoms with Crippen LogP contribution in [0.25, 0.3) is 11.3 Å². The first-order valence-corrected chi connectivity index (χ1v) is 12.3. The molecule has 33 heavy (non-hydrogen) atoms. The number of H-pyrrole nitrogens is 1. The van der Waals surface area contributed by atoms with Crippen molar-refractivity contribution in [2.75, 3.05) is 6.61 Å². The number of hydrazone groups is 1. The van der Waals surface area contributed by atoms with Crippen molar-refractivity contribution in [1.29, 1.82) is 0 Å². The highest BCUT2D eigenvalue weighted by atomic mass is 79.9. The normalized spacial score (nSPS) is 11.4. The molecule has 0 spiro atoms. The van der Waals surface area contributed by atoms with E-state index in [0.717, 1.165) is 34.4 Å². The lowest BCUT2D eigenvalue weighted by Gasteiger charge is -2.06. The largest absolute Gasteiger partial charge is 0.494 e. The summed E-state index contributed by atoms with van der Waals surface area (Å²) in [6, 6.07) is 17.2. The molecule has 3 rings (SSSR count). The Labute approximate surface area is 204 Å². The smallest absolute Gasteiger partial charge is 0.289 e. The van der Waals surface area contributed by atoms with E-state index in [1.807, 2.05) is 55.5 Å². The zero-order valence-corrected chi connectivity index (χ0v) is 20.8. The van der Waals surface area contributed by atoms with Gasteiger partial charge in [0, 0.05) is 10.0 Å². The van der Waals surface area contributed by atoms with Crippen LogP contribution in [0.2, 0.25) is 0 Å². The third kappa shape index (κ3) is 7.86. The van der Waals surface area contributed by atoms with Crippen LogP contribution in [0.3, 0.4) is 0 Å². The molecular formula is C26H31BrN4O2. The van der Waals surface area contributed by atoms with Crippen molar-refractivity contribution in [3.63, 3.8) is 0 Å². The summed E-state index contributed by atoms with van der Waals surface area (Å²) in [7, 11) is 0. The average Bonchev–Trinajstić information content (AvgIpc) is 3.33. The summed E-state index contributed by atoms with van der Waals surface area (Å²) in [6.07, 6.45) is 7.46. The number of nitrogens with one attached hydrogen (secondary N) is 2. The van der Waals surface area contributed by atoms with Crippen molar-refractivity contribution in [1.82, 2.24) is 15.6 Å². The highest BCUT2D eigenvalue weighted by Crippen LogP contribution is 2.22. The van der Waals surface area contributed by atoms with Crippen LogP contribution in [-0.2, 0) is 0 Å². The number of unbranched alkanes of at least 4 members (excludes halogenated alkanes) is 5. The van der Waals surface area contributed by atoms with Crippen LogP contribution in [0, 0.1) is 0 Å². The molecule has 2 N–H and O–H groups in total. The predicted octanol–water partition coefficient (Wildman–Crippen LogP) is 6.73. The van der Waals surface area contributed by atoms with E-state index in [2.05, 4.69) is 43.6 Å². The van der Waals surface area contributed by atoms with Crippen LogP contribution >= 0.6 is 15.9 Å². The van der Waals surface area contributed by atoms with Gasteiger partial charge >= 0.3 is 0 Å². The number of ether oxygens (including phenoxy) is 1. The number of aromatic nitrogens is 2. The fourth-order valence-corrected chi connectivity index (χ4v) is 3.60. The Morgan fingerprint density at radius 3 is 2.45 bits per heavy atom. The Hall–Kier alpha value is -2.93. The van der Waals surface area contributed by atoms with E-state index in [1.165, 1.54) is 32.1 Å². The van der Waals surface area contributed by atoms with E-state index in [1.54, 1.807) is 6.07 Å². The minimum atomic E-state index is -0.343. The molecule has 1 amide bonds. The summed E-state index contributed by atoms with van der Waals surface area (Å²) < 4.78 is 6.83. The van der Waals surface area contributed by atoms with Crippen molar-refractivity contribution < 1.29 is 9.53 Å². The van der Waals surface area contributed by atoms with Crippen molar-refractivity contribution in [3.05, 3.63) is 70.3 Å². The van der Waals surface area contributed by atoms with Gasteiger partial charge in [-0.05, 0) is 61.4 Å². The SMILES string of the molecule is CCCCCCCCOc1ccc(-c2cc(C(=O)NN=C(C)c3ccc(Br)cc3)[nH]n2)cc1. The third-order valence-corrected chi connectivity index (χ3v) is 5.86. The van der Waals surface area contributed by atoms with E-state index >= 15 is 0 Å². The minimum Gasteiger partial charge on any atom is -0.494 e. The first kappa shape index (κ1) is 24.7. The Kier molecular flexibility index (Phi) is 9.69. The predicted molar refractivity (Wildman–Crippen MR) is 137 cm³/mol. The number of nitrogens with zero attached hydrogens (tertiary/aromatic N) is 2. The number of amides is 1. The van der Waals surface area contributed by atoms with Gasteiger partial charge in [-0.2, -0.15) is 10.2 Å². The second-order valence-corrected chi connectivity index (χ2v) is 8.87. The number of rotatable bonds is 12. The van der Waals surface area contributed by atoms with Crippen molar-refractivity contribution in [3.8, 4) is 17.0 Å². The number of hydrogen-bond acceptors (Lipinski definition) is 4. The maximum absolute atomic E-state index is 12.4. The Bertz CT molecular complexity index is 1040. The van der Waals surface area contributed by atoms with Crippen LogP contribution in [-0.4, -0.2) is 28.4 Å². The molecular weight excluding hydrogens is 480 g/mol. The molecule has 3 aromatic rings. The molecule has 0 radical (unpaired) electrons. The number of carbonyl (C=O) groups is 1. The molecule has 2 aromatic carbocycles. The molecule has 174 valence electrons. The molecule has 0 aliphatic carbocycles. The monoisotopic (exact) mass is 510 g/mol. The van der Waals surface area contributed by atoms with E-state index in [9.17, 15) is 4.79 Å². The molecule has 0 aliphatic heterocycles. The van der Waals surface area contributed by atoms with Crippen LogP contribution in [0.5, 0.6) is 5.75 Å². The molecule has 0 bridgehead atoms. The van der Waals surface area contributed by atoms with E-state index < -0.39 is 0 Å². The van der Waals surface area contributed by atoms with Crippen LogP contribution in [0.4, 0.5) is 0 Å². The fraction of sp³-hybridized carbons (Fsp3) is 0.346. The molecule has 0 unspecified atom stereocenters. The molecule has 0 atom stereocenters. The Balaban J connectivity index is 1.49. The standard InChI is InChI=1S/C26H31BrN4O2/c1-3-4-5-6-7-8-17-33-23-15-11-21(12-16-23)24-18-25(30-29-24)26(32)31-28-19(2)20-9-13-22(27)14-10-20/h9-16,18H,3-8,17H2,1-2H3,(H,29,30)(H,31,32). The third-order valence-electron chi connectivity index (χ3n) is 5.33. The first-order valence-electron chi connectivity index (χ1n) is 11.5. The van der Waals surface area contributed by atoms with Gasteiger partial charge in [0.15, 0.2) is 0 Å². The highest BCUT2D eigenvalue weighted by molar-refractivity contribution is 9.10. The van der Waals surface area contributed by atoms with Gasteiger partial charge in [0.25, 0.3) is 5.91 Å². The maximum Gasteiger partial charge on any atom is 0.289 e. The fourth-order valence-electron chi connectivity index (χ4n) is 3.33. The number of aromatic amines is 1. The lowest BCUT2D eigenvalue weighted by Crippen LogP contribution is -2.19. The van der Waals surface area contributed by atoms with Gasteiger partial charge in [-0.3, -0.25) is 9.89 Å². The van der Waals surface area contributed by atoms with E-state index in [0.29, 0.717) is 17.1 Å². The lowest BCUT2D eigenvalue weighted by molar-refractivity contribution is 0.0950. The minimum absolute atomic E-state index is 0.343. The summed E-state index contributed by atoms with van der Waals surface area (Å²) in [4.78, 5) is 12.4. The second-order valence-electron chi connectivity index (χ2n) is 7.95. The molecule has 7 heteroatoms. The molecule has 0 aliphatic rings. The van der Waals surface area contributed by atoms with Crippen LogP contribution < -0.4 is 10.2 Å². The van der Waals surface area contributed by atoms with Gasteiger partial charge in [-0.1, -0.05) is 67.1 Å². The van der Waals surface area contributed by atoms with Gasteiger partial charge in [-0.15, -0.1) is 0 Å². The summed E-state index contributed by atoms with van der Waals surface area (Å²) in [6.45, 7) is 4.81. The first-order chi connectivity index (χ1) is 16.1. The van der Waals surface area contributed by atoms with Gasteiger partial charge in [0.2, 0.25) is 0 Å². The molecule has 0 saturated carbocycles. The second kappa shape index (κ2) is 12.9. The zero-order chi connectivity index (χ0) is 23.5. The van der Waals surface area contributed by atoms with E-state index in [-0.39, 0.29) is 5.91 Å². The summed E-state index contributed by atoms with van der Waals surface area (Å²) in [5, 5.41) is 11.2. The number of carbonyl (C=O) groups excluding carboxylic acids is 1. The lowest BCUT2D eigenvalue weighted by atomic mass is 10.1. The Morgan fingerprint density at radius 2 is 1.73 bits per heavy atom. The highest BCUT2D eigenvalue weighted by Gasteiger charge is 2.11. The molecule has 1 heterocycles. The summed E-state index contributed by atoms with van der Waals surface area (Å²) >= 11 is 3.41. The van der Waals surface area contributed by atoms with Gasteiger partial charge in [-0.25, -0.2) is 5.43 Å². The topological polar surface area (TPSA) is 79.4 Å². The Morgan fingerprint density at radius 1 is 1.03 bits per heavy atom. The molecule has 0 fully saturated rings. The van der Waals surface area contributed by atoms with Crippen molar-refractivity contribution in [2.24, 2.45) is 5.10 Å². The van der Waals surface area contributed by atoms with Crippen molar-refractivity contribution >= 4 is 27.5 Å². The van der Waals surface area contributed by atoms with Crippen LogP contribution in [0.15, 0.2) is 64.2 Å². The molecule has 1 aromatic heterocycles. The maximum atomic E-state index is 12.4. The number of benzene rings is 2. The van der Waals surface area contributed by atoms with Gasteiger partial charge in [0.1, 0.15) is 11.4 Å². The van der Waals surface area contributed by atoms with Crippen molar-refractivity contribution in [2.45, 2.75) is 52.4 Å². The average molecular weight is 511 g/mol.